The Hall–Kier alpha value is -2.81. The van der Waals surface area contributed by atoms with Crippen LogP contribution in [0.3, 0.4) is 0 Å². The summed E-state index contributed by atoms with van der Waals surface area (Å²) in [6, 6.07) is 5.39. The summed E-state index contributed by atoms with van der Waals surface area (Å²) in [7, 11) is 0. The zero-order chi connectivity index (χ0) is 22.2. The summed E-state index contributed by atoms with van der Waals surface area (Å²) in [5.74, 6) is 0.871. The monoisotopic (exact) mass is 430 g/mol. The van der Waals surface area contributed by atoms with Gasteiger partial charge in [-0.3, -0.25) is 19.3 Å². The topological polar surface area (TPSA) is 91.4 Å². The third-order valence-electron chi connectivity index (χ3n) is 5.71. The highest BCUT2D eigenvalue weighted by atomic mass is 16.7. The minimum absolute atomic E-state index is 0.00645. The predicted molar refractivity (Wildman–Crippen MR) is 114 cm³/mol. The fourth-order valence-electron chi connectivity index (χ4n) is 4.22. The first-order valence-corrected chi connectivity index (χ1v) is 10.7. The Labute approximate surface area is 182 Å². The van der Waals surface area contributed by atoms with Gasteiger partial charge in [-0.25, -0.2) is 0 Å². The van der Waals surface area contributed by atoms with E-state index in [1.54, 1.807) is 17.0 Å². The van der Waals surface area contributed by atoms with E-state index in [0.29, 0.717) is 50.8 Å². The van der Waals surface area contributed by atoms with Crippen molar-refractivity contribution in [1.82, 2.24) is 15.1 Å². The maximum atomic E-state index is 13.0. The van der Waals surface area contributed by atoms with Crippen molar-refractivity contribution in [3.63, 3.8) is 0 Å². The zero-order valence-corrected chi connectivity index (χ0v) is 18.3. The normalized spacial score (nSPS) is 21.5. The molecule has 168 valence electrons. The van der Waals surface area contributed by atoms with Crippen molar-refractivity contribution in [3.8, 4) is 11.5 Å². The number of fused-ring (bicyclic) bond motifs is 1. The summed E-state index contributed by atoms with van der Waals surface area (Å²) < 4.78 is 10.7. The van der Waals surface area contributed by atoms with E-state index < -0.39 is 0 Å². The number of ether oxygens (including phenoxy) is 2. The number of benzene rings is 1. The van der Waals surface area contributed by atoms with E-state index >= 15 is 0 Å². The van der Waals surface area contributed by atoms with Crippen LogP contribution in [0, 0.1) is 5.92 Å². The average molecular weight is 431 g/mol. The highest BCUT2D eigenvalue weighted by Gasteiger charge is 2.38. The molecule has 3 aliphatic heterocycles. The molecule has 3 aliphatic rings. The third-order valence-corrected chi connectivity index (χ3v) is 5.71. The van der Waals surface area contributed by atoms with Crippen molar-refractivity contribution in [3.05, 3.63) is 18.2 Å². The molecule has 0 bridgehead atoms. The first kappa shape index (κ1) is 21.4. The molecule has 9 nitrogen and oxygen atoms in total. The summed E-state index contributed by atoms with van der Waals surface area (Å²) in [4.78, 5) is 43.3. The van der Waals surface area contributed by atoms with Crippen LogP contribution in [-0.4, -0.2) is 79.1 Å². The van der Waals surface area contributed by atoms with Crippen LogP contribution in [0.1, 0.15) is 27.2 Å². The highest BCUT2D eigenvalue weighted by molar-refractivity contribution is 6.00. The second kappa shape index (κ2) is 8.37. The average Bonchev–Trinajstić information content (AvgIpc) is 3.32. The molecule has 2 saturated heterocycles. The van der Waals surface area contributed by atoms with E-state index in [2.05, 4.69) is 10.2 Å². The molecule has 1 aromatic rings. The van der Waals surface area contributed by atoms with Crippen LogP contribution in [-0.2, 0) is 14.4 Å². The van der Waals surface area contributed by atoms with Crippen LogP contribution in [0.5, 0.6) is 11.5 Å². The number of nitrogens with zero attached hydrogens (tertiary/aromatic N) is 3. The fourth-order valence-corrected chi connectivity index (χ4v) is 4.22. The smallest absolute Gasteiger partial charge is 0.234 e. The van der Waals surface area contributed by atoms with Crippen molar-refractivity contribution in [1.29, 1.82) is 0 Å². The van der Waals surface area contributed by atoms with Gasteiger partial charge < -0.3 is 24.6 Å². The summed E-state index contributed by atoms with van der Waals surface area (Å²) in [5, 5.41) is 2.97. The minimum atomic E-state index is -0.353. The number of anilines is 1. The van der Waals surface area contributed by atoms with E-state index in [1.165, 1.54) is 0 Å². The quantitative estimate of drug-likeness (QED) is 0.761. The van der Waals surface area contributed by atoms with E-state index in [4.69, 9.17) is 9.47 Å². The number of nitrogens with one attached hydrogen (secondary N) is 1. The molecule has 3 heterocycles. The standard InChI is InChI=1S/C22H30N4O5/c1-22(2,3)23-19(27)13-24-6-8-25(9-7-24)21(29)15-10-20(28)26(12-15)16-4-5-17-18(11-16)31-14-30-17/h4-5,11,15H,6-10,12-14H2,1-3H3,(H,23,27). The lowest BCUT2D eigenvalue weighted by Crippen LogP contribution is -2.53. The first-order valence-electron chi connectivity index (χ1n) is 10.7. The van der Waals surface area contributed by atoms with Crippen LogP contribution >= 0.6 is 0 Å². The number of carbonyl (C=O) groups is 3. The van der Waals surface area contributed by atoms with Gasteiger partial charge in [-0.05, 0) is 32.9 Å². The van der Waals surface area contributed by atoms with Crippen molar-refractivity contribution in [2.24, 2.45) is 5.92 Å². The van der Waals surface area contributed by atoms with E-state index in [-0.39, 0.29) is 42.4 Å². The van der Waals surface area contributed by atoms with Crippen LogP contribution in [0.2, 0.25) is 0 Å². The maximum absolute atomic E-state index is 13.0. The van der Waals surface area contributed by atoms with Gasteiger partial charge in [0, 0.05) is 56.4 Å². The van der Waals surface area contributed by atoms with Gasteiger partial charge in [0.15, 0.2) is 11.5 Å². The van der Waals surface area contributed by atoms with Gasteiger partial charge in [-0.1, -0.05) is 0 Å². The Kier molecular flexibility index (Phi) is 5.79. The van der Waals surface area contributed by atoms with Gasteiger partial charge in [-0.2, -0.15) is 0 Å². The molecule has 0 aromatic heterocycles. The van der Waals surface area contributed by atoms with E-state index in [0.717, 1.165) is 5.69 Å². The largest absolute Gasteiger partial charge is 0.454 e. The molecule has 0 aliphatic carbocycles. The second-order valence-electron chi connectivity index (χ2n) is 9.34. The predicted octanol–water partition coefficient (Wildman–Crippen LogP) is 0.827. The highest BCUT2D eigenvalue weighted by Crippen LogP contribution is 2.37. The van der Waals surface area contributed by atoms with Crippen molar-refractivity contribution < 1.29 is 23.9 Å². The molecule has 0 spiro atoms. The summed E-state index contributed by atoms with van der Waals surface area (Å²) in [6.07, 6.45) is 0.210. The number of hydrogen-bond acceptors (Lipinski definition) is 6. The van der Waals surface area contributed by atoms with Gasteiger partial charge in [0.05, 0.1) is 12.5 Å². The van der Waals surface area contributed by atoms with E-state index in [9.17, 15) is 14.4 Å². The van der Waals surface area contributed by atoms with Crippen molar-refractivity contribution >= 4 is 23.4 Å². The maximum Gasteiger partial charge on any atom is 0.234 e. The molecule has 1 N–H and O–H groups in total. The number of carbonyl (C=O) groups excluding carboxylic acids is 3. The van der Waals surface area contributed by atoms with Crippen LogP contribution < -0.4 is 19.7 Å². The van der Waals surface area contributed by atoms with Gasteiger partial charge in [0.1, 0.15) is 0 Å². The Bertz CT molecular complexity index is 873. The Balaban J connectivity index is 1.30. The molecule has 31 heavy (non-hydrogen) atoms. The summed E-state index contributed by atoms with van der Waals surface area (Å²) >= 11 is 0. The molecule has 4 rings (SSSR count). The lowest BCUT2D eigenvalue weighted by atomic mass is 10.1. The van der Waals surface area contributed by atoms with Crippen LogP contribution in [0.25, 0.3) is 0 Å². The molecular formula is C22H30N4O5. The van der Waals surface area contributed by atoms with Crippen molar-refractivity contribution in [2.75, 3.05) is 51.0 Å². The van der Waals surface area contributed by atoms with Gasteiger partial charge >= 0.3 is 0 Å². The molecule has 1 aromatic carbocycles. The lowest BCUT2D eigenvalue weighted by molar-refractivity contribution is -0.137. The van der Waals surface area contributed by atoms with Crippen molar-refractivity contribution in [2.45, 2.75) is 32.7 Å². The minimum Gasteiger partial charge on any atom is -0.454 e. The van der Waals surface area contributed by atoms with Crippen LogP contribution in [0.15, 0.2) is 18.2 Å². The number of amides is 3. The summed E-state index contributed by atoms with van der Waals surface area (Å²) in [6.45, 7) is 9.17. The van der Waals surface area contributed by atoms with Gasteiger partial charge in [0.25, 0.3) is 0 Å². The fraction of sp³-hybridized carbons (Fsp3) is 0.591. The van der Waals surface area contributed by atoms with Crippen LogP contribution in [0.4, 0.5) is 5.69 Å². The number of rotatable bonds is 4. The lowest BCUT2D eigenvalue weighted by Gasteiger charge is -2.36. The Morgan fingerprint density at radius 1 is 1.10 bits per heavy atom. The molecule has 1 atom stereocenters. The molecule has 2 fully saturated rings. The summed E-state index contributed by atoms with van der Waals surface area (Å²) in [5.41, 5.74) is 0.465. The molecular weight excluding hydrogens is 400 g/mol. The number of hydrogen-bond donors (Lipinski definition) is 1. The molecule has 1 unspecified atom stereocenters. The van der Waals surface area contributed by atoms with Gasteiger partial charge in [0.2, 0.25) is 24.5 Å². The van der Waals surface area contributed by atoms with E-state index in [1.807, 2.05) is 31.7 Å². The third kappa shape index (κ3) is 4.92. The zero-order valence-electron chi connectivity index (χ0n) is 18.3. The molecule has 0 saturated carbocycles. The Morgan fingerprint density at radius 3 is 2.52 bits per heavy atom. The SMILES string of the molecule is CC(C)(C)NC(=O)CN1CCN(C(=O)C2CC(=O)N(c3ccc4c(c3)OCO4)C2)CC1. The second-order valence-corrected chi connectivity index (χ2v) is 9.34. The van der Waals surface area contributed by atoms with Gasteiger partial charge in [-0.15, -0.1) is 0 Å². The first-order chi connectivity index (χ1) is 14.7. The molecule has 9 heteroatoms. The molecule has 3 amide bonds. The Morgan fingerprint density at radius 2 is 1.81 bits per heavy atom. The molecule has 0 radical (unpaired) electrons. The number of piperazine rings is 1.